The van der Waals surface area contributed by atoms with Crippen molar-refractivity contribution in [1.29, 1.82) is 0 Å². The van der Waals surface area contributed by atoms with Crippen LogP contribution in [-0.2, 0) is 0 Å². The zero-order valence-electron chi connectivity index (χ0n) is 11.1. The molecule has 0 heterocycles. The molecule has 2 nitrogen and oxygen atoms in total. The van der Waals surface area contributed by atoms with Gasteiger partial charge in [-0.15, -0.1) is 12.4 Å². The minimum Gasteiger partial charge on any atom is -0.489 e. The molecule has 0 amide bonds. The summed E-state index contributed by atoms with van der Waals surface area (Å²) in [5.41, 5.74) is 6.60. The summed E-state index contributed by atoms with van der Waals surface area (Å²) in [5.74, 6) is -0.368. The van der Waals surface area contributed by atoms with Gasteiger partial charge in [0, 0.05) is 6.04 Å². The van der Waals surface area contributed by atoms with E-state index in [-0.39, 0.29) is 34.6 Å². The quantitative estimate of drug-likeness (QED) is 0.900. The van der Waals surface area contributed by atoms with Crippen LogP contribution in [0.5, 0.6) is 5.75 Å². The SMILES string of the molecule is CCOc1c(F)cc([C@@H](N)C(C)(C)C)cc1Cl.Cl. The van der Waals surface area contributed by atoms with Gasteiger partial charge >= 0.3 is 0 Å². The monoisotopic (exact) mass is 295 g/mol. The van der Waals surface area contributed by atoms with Crippen molar-refractivity contribution in [1.82, 2.24) is 0 Å². The summed E-state index contributed by atoms with van der Waals surface area (Å²) in [7, 11) is 0. The predicted octanol–water partition coefficient (Wildman–Crippen LogP) is 4.35. The number of nitrogens with two attached hydrogens (primary N) is 1. The highest BCUT2D eigenvalue weighted by Gasteiger charge is 2.24. The minimum absolute atomic E-state index is 0. The molecule has 0 saturated heterocycles. The molecular formula is C13H20Cl2FNO. The Morgan fingerprint density at radius 3 is 2.33 bits per heavy atom. The fraction of sp³-hybridized carbons (Fsp3) is 0.538. The Morgan fingerprint density at radius 2 is 1.94 bits per heavy atom. The van der Waals surface area contributed by atoms with Crippen molar-refractivity contribution in [3.05, 3.63) is 28.5 Å². The van der Waals surface area contributed by atoms with Crippen molar-refractivity contribution in [2.24, 2.45) is 11.1 Å². The molecule has 0 aliphatic heterocycles. The second-order valence-electron chi connectivity index (χ2n) is 5.09. The first-order valence-electron chi connectivity index (χ1n) is 5.64. The molecule has 0 radical (unpaired) electrons. The van der Waals surface area contributed by atoms with Crippen LogP contribution in [0.25, 0.3) is 0 Å². The van der Waals surface area contributed by atoms with E-state index in [4.69, 9.17) is 22.1 Å². The third-order valence-electron chi connectivity index (χ3n) is 2.60. The molecule has 0 aliphatic rings. The molecule has 0 aromatic heterocycles. The molecule has 0 spiro atoms. The van der Waals surface area contributed by atoms with Crippen molar-refractivity contribution >= 4 is 24.0 Å². The van der Waals surface area contributed by atoms with Crippen LogP contribution in [0.15, 0.2) is 12.1 Å². The fourth-order valence-corrected chi connectivity index (χ4v) is 1.81. The molecule has 0 bridgehead atoms. The van der Waals surface area contributed by atoms with Gasteiger partial charge in [-0.25, -0.2) is 4.39 Å². The Kier molecular flexibility index (Phi) is 6.41. The molecule has 0 unspecified atom stereocenters. The van der Waals surface area contributed by atoms with Crippen molar-refractivity contribution < 1.29 is 9.13 Å². The van der Waals surface area contributed by atoms with Crippen LogP contribution in [0.2, 0.25) is 5.02 Å². The Labute approximate surface area is 119 Å². The van der Waals surface area contributed by atoms with Crippen LogP contribution >= 0.6 is 24.0 Å². The average Bonchev–Trinajstić information content (AvgIpc) is 2.20. The second-order valence-corrected chi connectivity index (χ2v) is 5.50. The normalized spacial score (nSPS) is 12.8. The van der Waals surface area contributed by atoms with Gasteiger partial charge < -0.3 is 10.5 Å². The maximum atomic E-state index is 13.8. The van der Waals surface area contributed by atoms with E-state index in [0.29, 0.717) is 12.2 Å². The van der Waals surface area contributed by atoms with Gasteiger partial charge in [0.05, 0.1) is 11.6 Å². The van der Waals surface area contributed by atoms with E-state index >= 15 is 0 Å². The van der Waals surface area contributed by atoms with E-state index in [0.717, 1.165) is 0 Å². The Morgan fingerprint density at radius 1 is 1.39 bits per heavy atom. The van der Waals surface area contributed by atoms with Crippen molar-refractivity contribution in [3.8, 4) is 5.75 Å². The molecule has 2 N–H and O–H groups in total. The molecule has 104 valence electrons. The van der Waals surface area contributed by atoms with Crippen molar-refractivity contribution in [2.45, 2.75) is 33.7 Å². The number of hydrogen-bond donors (Lipinski definition) is 1. The van der Waals surface area contributed by atoms with E-state index < -0.39 is 5.82 Å². The number of rotatable bonds is 3. The predicted molar refractivity (Wildman–Crippen MR) is 76.2 cm³/mol. The molecule has 1 rings (SSSR count). The highest BCUT2D eigenvalue weighted by atomic mass is 35.5. The first-order chi connectivity index (χ1) is 7.77. The fourth-order valence-electron chi connectivity index (χ4n) is 1.54. The summed E-state index contributed by atoms with van der Waals surface area (Å²) in [6, 6.07) is 2.79. The first kappa shape index (κ1) is 17.5. The smallest absolute Gasteiger partial charge is 0.173 e. The van der Waals surface area contributed by atoms with Crippen LogP contribution in [0.3, 0.4) is 0 Å². The summed E-state index contributed by atoms with van der Waals surface area (Å²) in [6.07, 6.45) is 0. The zero-order valence-corrected chi connectivity index (χ0v) is 12.7. The molecular weight excluding hydrogens is 276 g/mol. The highest BCUT2D eigenvalue weighted by molar-refractivity contribution is 6.32. The Balaban J connectivity index is 0.00000289. The lowest BCUT2D eigenvalue weighted by molar-refractivity contribution is 0.314. The zero-order chi connectivity index (χ0) is 13.2. The lowest BCUT2D eigenvalue weighted by atomic mass is 9.83. The van der Waals surface area contributed by atoms with Crippen LogP contribution in [0.1, 0.15) is 39.3 Å². The van der Waals surface area contributed by atoms with Gasteiger partial charge in [-0.05, 0) is 30.0 Å². The van der Waals surface area contributed by atoms with E-state index in [1.807, 2.05) is 20.8 Å². The standard InChI is InChI=1S/C13H19ClFNO.ClH/c1-5-17-11-9(14)6-8(7-10(11)15)12(16)13(2,3)4;/h6-7,12H,5,16H2,1-4H3;1H/t12-;/m1./s1. The van der Waals surface area contributed by atoms with Gasteiger partial charge in [0.15, 0.2) is 11.6 Å². The summed E-state index contributed by atoms with van der Waals surface area (Å²) >= 11 is 5.99. The Bertz CT molecular complexity index is 381. The molecule has 1 aromatic rings. The van der Waals surface area contributed by atoms with Crippen molar-refractivity contribution in [3.63, 3.8) is 0 Å². The van der Waals surface area contributed by atoms with Gasteiger partial charge in [-0.1, -0.05) is 32.4 Å². The van der Waals surface area contributed by atoms with E-state index in [1.54, 1.807) is 13.0 Å². The van der Waals surface area contributed by atoms with E-state index in [1.165, 1.54) is 6.07 Å². The third kappa shape index (κ3) is 4.01. The third-order valence-corrected chi connectivity index (χ3v) is 2.88. The second kappa shape index (κ2) is 6.60. The van der Waals surface area contributed by atoms with Crippen molar-refractivity contribution in [2.75, 3.05) is 6.61 Å². The van der Waals surface area contributed by atoms with Gasteiger partial charge in [-0.2, -0.15) is 0 Å². The average molecular weight is 296 g/mol. The minimum atomic E-state index is -0.464. The molecule has 0 aliphatic carbocycles. The summed E-state index contributed by atoms with van der Waals surface area (Å²) in [5, 5.41) is 0.265. The number of hydrogen-bond acceptors (Lipinski definition) is 2. The van der Waals surface area contributed by atoms with Gasteiger partial charge in [0.2, 0.25) is 0 Å². The highest BCUT2D eigenvalue weighted by Crippen LogP contribution is 2.36. The number of halogens is 3. The molecule has 1 atom stereocenters. The lowest BCUT2D eigenvalue weighted by Gasteiger charge is -2.27. The van der Waals surface area contributed by atoms with E-state index in [9.17, 15) is 4.39 Å². The number of benzene rings is 1. The van der Waals surface area contributed by atoms with E-state index in [2.05, 4.69) is 0 Å². The van der Waals surface area contributed by atoms with Crippen LogP contribution in [0.4, 0.5) is 4.39 Å². The van der Waals surface area contributed by atoms with Gasteiger partial charge in [0.1, 0.15) is 0 Å². The summed E-state index contributed by atoms with van der Waals surface area (Å²) < 4.78 is 18.9. The summed E-state index contributed by atoms with van der Waals surface area (Å²) in [6.45, 7) is 8.16. The lowest BCUT2D eigenvalue weighted by Crippen LogP contribution is -2.26. The topological polar surface area (TPSA) is 35.2 Å². The van der Waals surface area contributed by atoms with Crippen LogP contribution in [0, 0.1) is 11.2 Å². The largest absolute Gasteiger partial charge is 0.489 e. The van der Waals surface area contributed by atoms with Crippen LogP contribution in [-0.4, -0.2) is 6.61 Å². The van der Waals surface area contributed by atoms with Crippen LogP contribution < -0.4 is 10.5 Å². The van der Waals surface area contributed by atoms with Gasteiger partial charge in [-0.3, -0.25) is 0 Å². The number of ether oxygens (including phenoxy) is 1. The molecule has 18 heavy (non-hydrogen) atoms. The molecule has 1 aromatic carbocycles. The molecule has 0 saturated carbocycles. The maximum absolute atomic E-state index is 13.8. The Hall–Kier alpha value is -0.510. The first-order valence-corrected chi connectivity index (χ1v) is 6.02. The maximum Gasteiger partial charge on any atom is 0.173 e. The van der Waals surface area contributed by atoms with Gasteiger partial charge in [0.25, 0.3) is 0 Å². The summed E-state index contributed by atoms with van der Waals surface area (Å²) in [4.78, 5) is 0. The molecule has 0 fully saturated rings. The molecule has 5 heteroatoms.